The van der Waals surface area contributed by atoms with Crippen LogP contribution in [0.2, 0.25) is 0 Å². The van der Waals surface area contributed by atoms with Gasteiger partial charge >= 0.3 is 5.97 Å². The molecule has 0 aliphatic rings. The van der Waals surface area contributed by atoms with Gasteiger partial charge in [-0.2, -0.15) is 0 Å². The summed E-state index contributed by atoms with van der Waals surface area (Å²) in [7, 11) is 1.46. The zero-order valence-electron chi connectivity index (χ0n) is 15.4. The number of rotatable bonds is 7. The van der Waals surface area contributed by atoms with Gasteiger partial charge in [-0.1, -0.05) is 18.2 Å². The van der Waals surface area contributed by atoms with Crippen LogP contribution in [0.25, 0.3) is 11.3 Å². The molecule has 3 rings (SSSR count). The Bertz CT molecular complexity index is 1030. The number of hydrogen-bond donors (Lipinski definition) is 2. The molecule has 29 heavy (non-hydrogen) atoms. The minimum atomic E-state index is -1.18. The SMILES string of the molecule is COc1ccc(C(=O)NC(CC(=O)O)c2ccccc2F)nc1-c1cncnc1. The van der Waals surface area contributed by atoms with Gasteiger partial charge in [0.05, 0.1) is 19.6 Å². The number of methoxy groups -OCH3 is 1. The van der Waals surface area contributed by atoms with Gasteiger partial charge in [-0.25, -0.2) is 19.3 Å². The van der Waals surface area contributed by atoms with Crippen LogP contribution in [0.15, 0.2) is 55.1 Å². The summed E-state index contributed by atoms with van der Waals surface area (Å²) in [5.41, 5.74) is 0.974. The topological polar surface area (TPSA) is 114 Å². The number of amides is 1. The van der Waals surface area contributed by atoms with Crippen molar-refractivity contribution in [3.8, 4) is 17.0 Å². The number of pyridine rings is 1. The molecule has 2 heterocycles. The number of ether oxygens (including phenoxy) is 1. The van der Waals surface area contributed by atoms with E-state index in [0.29, 0.717) is 17.0 Å². The summed E-state index contributed by atoms with van der Waals surface area (Å²) in [5, 5.41) is 11.7. The fourth-order valence-electron chi connectivity index (χ4n) is 2.77. The van der Waals surface area contributed by atoms with E-state index in [9.17, 15) is 14.0 Å². The minimum Gasteiger partial charge on any atom is -0.494 e. The first-order chi connectivity index (χ1) is 14.0. The number of carboxylic acid groups (broad SMARTS) is 1. The molecule has 2 N–H and O–H groups in total. The maximum atomic E-state index is 14.1. The summed E-state index contributed by atoms with van der Waals surface area (Å²) < 4.78 is 19.4. The normalized spacial score (nSPS) is 11.5. The third-order valence-electron chi connectivity index (χ3n) is 4.11. The van der Waals surface area contributed by atoms with E-state index in [1.165, 1.54) is 50.1 Å². The summed E-state index contributed by atoms with van der Waals surface area (Å²) >= 11 is 0. The molecule has 8 nitrogen and oxygen atoms in total. The second kappa shape index (κ2) is 8.87. The van der Waals surface area contributed by atoms with Crippen molar-refractivity contribution in [1.29, 1.82) is 0 Å². The average molecular weight is 396 g/mol. The first-order valence-electron chi connectivity index (χ1n) is 8.57. The predicted molar refractivity (Wildman–Crippen MR) is 101 cm³/mol. The first-order valence-corrected chi connectivity index (χ1v) is 8.57. The van der Waals surface area contributed by atoms with Crippen LogP contribution < -0.4 is 10.1 Å². The number of aliphatic carboxylic acids is 1. The van der Waals surface area contributed by atoms with Crippen LogP contribution in [0.4, 0.5) is 4.39 Å². The molecule has 0 aliphatic carbocycles. The predicted octanol–water partition coefficient (Wildman–Crippen LogP) is 2.63. The van der Waals surface area contributed by atoms with Crippen molar-refractivity contribution < 1.29 is 23.8 Å². The number of carbonyl (C=O) groups excluding carboxylic acids is 1. The van der Waals surface area contributed by atoms with Crippen LogP contribution in [0, 0.1) is 5.82 Å². The van der Waals surface area contributed by atoms with Crippen molar-refractivity contribution in [2.24, 2.45) is 0 Å². The smallest absolute Gasteiger partial charge is 0.305 e. The summed E-state index contributed by atoms with van der Waals surface area (Å²) in [6, 6.07) is 7.61. The van der Waals surface area contributed by atoms with Crippen LogP contribution in [0.5, 0.6) is 5.75 Å². The van der Waals surface area contributed by atoms with Gasteiger partial charge in [0.15, 0.2) is 0 Å². The number of nitrogens with zero attached hydrogens (tertiary/aromatic N) is 3. The Labute approximate surface area is 165 Å². The van der Waals surface area contributed by atoms with Gasteiger partial charge in [-0.05, 0) is 18.2 Å². The maximum Gasteiger partial charge on any atom is 0.305 e. The van der Waals surface area contributed by atoms with Crippen molar-refractivity contribution in [2.45, 2.75) is 12.5 Å². The Balaban J connectivity index is 1.92. The Morgan fingerprint density at radius 3 is 2.55 bits per heavy atom. The van der Waals surface area contributed by atoms with Crippen LogP contribution in [-0.2, 0) is 4.79 Å². The van der Waals surface area contributed by atoms with E-state index >= 15 is 0 Å². The molecule has 1 aromatic carbocycles. The fourth-order valence-corrected chi connectivity index (χ4v) is 2.77. The maximum absolute atomic E-state index is 14.1. The van der Waals surface area contributed by atoms with Gasteiger partial charge in [-0.3, -0.25) is 9.59 Å². The molecule has 0 radical (unpaired) electrons. The highest BCUT2D eigenvalue weighted by atomic mass is 19.1. The lowest BCUT2D eigenvalue weighted by molar-refractivity contribution is -0.137. The highest BCUT2D eigenvalue weighted by Crippen LogP contribution is 2.27. The highest BCUT2D eigenvalue weighted by molar-refractivity contribution is 5.93. The molecule has 0 spiro atoms. The number of benzene rings is 1. The quantitative estimate of drug-likeness (QED) is 0.631. The molecule has 0 saturated carbocycles. The van der Waals surface area contributed by atoms with Crippen LogP contribution in [0.3, 0.4) is 0 Å². The molecule has 0 bridgehead atoms. The van der Waals surface area contributed by atoms with Gasteiger partial charge < -0.3 is 15.2 Å². The molecule has 9 heteroatoms. The Hall–Kier alpha value is -3.88. The zero-order valence-corrected chi connectivity index (χ0v) is 15.4. The van der Waals surface area contributed by atoms with Crippen molar-refractivity contribution in [3.63, 3.8) is 0 Å². The molecular formula is C20H17FN4O4. The van der Waals surface area contributed by atoms with E-state index in [1.54, 1.807) is 12.1 Å². The summed E-state index contributed by atoms with van der Waals surface area (Å²) in [6.07, 6.45) is 3.91. The molecule has 1 amide bonds. The number of carbonyl (C=O) groups is 2. The summed E-state index contributed by atoms with van der Waals surface area (Å²) in [4.78, 5) is 36.1. The first kappa shape index (κ1) is 19.9. The summed E-state index contributed by atoms with van der Waals surface area (Å²) in [5.74, 6) is -2.03. The fraction of sp³-hybridized carbons (Fsp3) is 0.150. The second-order valence-corrected chi connectivity index (χ2v) is 6.02. The number of halogens is 1. The molecule has 1 atom stereocenters. The van der Waals surface area contributed by atoms with Gasteiger partial charge in [0.25, 0.3) is 5.91 Å². The zero-order chi connectivity index (χ0) is 20.8. The Kier molecular flexibility index (Phi) is 6.08. The average Bonchev–Trinajstić information content (AvgIpc) is 2.73. The molecule has 0 aliphatic heterocycles. The lowest BCUT2D eigenvalue weighted by Crippen LogP contribution is -2.31. The molecule has 3 aromatic rings. The van der Waals surface area contributed by atoms with Crippen molar-refractivity contribution in [1.82, 2.24) is 20.3 Å². The van der Waals surface area contributed by atoms with E-state index < -0.39 is 30.2 Å². The number of nitrogens with one attached hydrogen (secondary N) is 1. The molecule has 1 unspecified atom stereocenters. The number of carboxylic acids is 1. The Morgan fingerprint density at radius 2 is 1.90 bits per heavy atom. The van der Waals surface area contributed by atoms with Crippen molar-refractivity contribution in [2.75, 3.05) is 7.11 Å². The van der Waals surface area contributed by atoms with E-state index in [2.05, 4.69) is 20.3 Å². The molecule has 148 valence electrons. The lowest BCUT2D eigenvalue weighted by Gasteiger charge is -2.18. The van der Waals surface area contributed by atoms with Gasteiger partial charge in [0, 0.05) is 23.5 Å². The van der Waals surface area contributed by atoms with E-state index in [4.69, 9.17) is 9.84 Å². The number of aromatic nitrogens is 3. The second-order valence-electron chi connectivity index (χ2n) is 6.02. The van der Waals surface area contributed by atoms with Gasteiger partial charge in [0.1, 0.15) is 29.3 Å². The van der Waals surface area contributed by atoms with Crippen molar-refractivity contribution >= 4 is 11.9 Å². The van der Waals surface area contributed by atoms with Gasteiger partial charge in [0.2, 0.25) is 0 Å². The molecule has 2 aromatic heterocycles. The van der Waals surface area contributed by atoms with E-state index in [-0.39, 0.29) is 11.3 Å². The standard InChI is InChI=1S/C20H17FN4O4/c1-29-17-7-6-15(24-19(17)12-9-22-11-23-10-12)20(28)25-16(8-18(26)27)13-4-2-3-5-14(13)21/h2-7,9-11,16H,8H2,1H3,(H,25,28)(H,26,27). The van der Waals surface area contributed by atoms with Crippen molar-refractivity contribution in [3.05, 3.63) is 72.2 Å². The Morgan fingerprint density at radius 1 is 1.17 bits per heavy atom. The molecule has 0 saturated heterocycles. The lowest BCUT2D eigenvalue weighted by atomic mass is 10.0. The monoisotopic (exact) mass is 396 g/mol. The third kappa shape index (κ3) is 4.70. The van der Waals surface area contributed by atoms with Crippen LogP contribution in [-0.4, -0.2) is 39.0 Å². The third-order valence-corrected chi connectivity index (χ3v) is 4.11. The minimum absolute atomic E-state index is 0.0105. The molecular weight excluding hydrogens is 379 g/mol. The molecule has 0 fully saturated rings. The van der Waals surface area contributed by atoms with Crippen LogP contribution >= 0.6 is 0 Å². The highest BCUT2D eigenvalue weighted by Gasteiger charge is 2.23. The van der Waals surface area contributed by atoms with E-state index in [1.807, 2.05) is 0 Å². The van der Waals surface area contributed by atoms with Crippen LogP contribution in [0.1, 0.15) is 28.5 Å². The summed E-state index contributed by atoms with van der Waals surface area (Å²) in [6.45, 7) is 0. The van der Waals surface area contributed by atoms with E-state index in [0.717, 1.165) is 0 Å². The van der Waals surface area contributed by atoms with Gasteiger partial charge in [-0.15, -0.1) is 0 Å². The number of hydrogen-bond acceptors (Lipinski definition) is 6. The largest absolute Gasteiger partial charge is 0.494 e.